The van der Waals surface area contributed by atoms with Crippen molar-refractivity contribution in [2.75, 3.05) is 0 Å². The van der Waals surface area contributed by atoms with E-state index in [2.05, 4.69) is 32.0 Å². The average Bonchev–Trinajstić information content (AvgIpc) is 2.93. The van der Waals surface area contributed by atoms with E-state index < -0.39 is 0 Å². The first kappa shape index (κ1) is 11.1. The maximum absolute atomic E-state index is 6.08. The van der Waals surface area contributed by atoms with E-state index in [4.69, 9.17) is 10.5 Å². The summed E-state index contributed by atoms with van der Waals surface area (Å²) in [6.07, 6.45) is 5.09. The lowest BCUT2D eigenvalue weighted by atomic mass is 9.90. The molecule has 0 aromatic heterocycles. The van der Waals surface area contributed by atoms with Crippen LogP contribution in [0.25, 0.3) is 0 Å². The molecule has 2 N–H and O–H groups in total. The van der Waals surface area contributed by atoms with Gasteiger partial charge in [0.05, 0.1) is 0 Å². The standard InChI is InChI=1S/C15H21NO/c1-10-3-4-14-12(7-10)8-13(17-14)9-15(5-6-15)11(2)16/h3-4,7,11,13H,5-6,8-9,16H2,1-2H3. The Morgan fingerprint density at radius 2 is 2.24 bits per heavy atom. The van der Waals surface area contributed by atoms with E-state index in [-0.39, 0.29) is 0 Å². The predicted octanol–water partition coefficient (Wildman–Crippen LogP) is 2.82. The fourth-order valence-electron chi connectivity index (χ4n) is 3.02. The number of ether oxygens (including phenoxy) is 1. The molecule has 3 rings (SSSR count). The molecule has 2 aliphatic rings. The van der Waals surface area contributed by atoms with Crippen LogP contribution in [0, 0.1) is 12.3 Å². The fraction of sp³-hybridized carbons (Fsp3) is 0.600. The first-order valence-electron chi connectivity index (χ1n) is 6.61. The van der Waals surface area contributed by atoms with Crippen LogP contribution in [0.4, 0.5) is 0 Å². The van der Waals surface area contributed by atoms with Gasteiger partial charge in [0, 0.05) is 12.5 Å². The van der Waals surface area contributed by atoms with E-state index >= 15 is 0 Å². The number of fused-ring (bicyclic) bond motifs is 1. The van der Waals surface area contributed by atoms with Crippen molar-refractivity contribution < 1.29 is 4.74 Å². The summed E-state index contributed by atoms with van der Waals surface area (Å²) < 4.78 is 6.03. The number of rotatable bonds is 3. The van der Waals surface area contributed by atoms with Gasteiger partial charge in [-0.15, -0.1) is 0 Å². The zero-order valence-electron chi connectivity index (χ0n) is 10.7. The van der Waals surface area contributed by atoms with Crippen molar-refractivity contribution in [2.45, 2.75) is 51.7 Å². The van der Waals surface area contributed by atoms with Crippen molar-refractivity contribution in [3.8, 4) is 5.75 Å². The Morgan fingerprint density at radius 1 is 1.47 bits per heavy atom. The van der Waals surface area contributed by atoms with Crippen molar-refractivity contribution in [1.82, 2.24) is 0 Å². The van der Waals surface area contributed by atoms with E-state index in [1.54, 1.807) is 0 Å². The van der Waals surface area contributed by atoms with Crippen LogP contribution in [0.2, 0.25) is 0 Å². The number of benzene rings is 1. The molecule has 17 heavy (non-hydrogen) atoms. The summed E-state index contributed by atoms with van der Waals surface area (Å²) in [7, 11) is 0. The van der Waals surface area contributed by atoms with E-state index in [9.17, 15) is 0 Å². The van der Waals surface area contributed by atoms with Crippen molar-refractivity contribution in [1.29, 1.82) is 0 Å². The van der Waals surface area contributed by atoms with Crippen LogP contribution in [0.1, 0.15) is 37.3 Å². The molecule has 2 unspecified atom stereocenters. The Hall–Kier alpha value is -1.02. The summed E-state index contributed by atoms with van der Waals surface area (Å²) in [5, 5.41) is 0. The van der Waals surface area contributed by atoms with Crippen LogP contribution in [-0.4, -0.2) is 12.1 Å². The van der Waals surface area contributed by atoms with Crippen LogP contribution >= 0.6 is 0 Å². The Labute approximate surface area is 103 Å². The Kier molecular flexibility index (Phi) is 2.44. The molecule has 92 valence electrons. The highest BCUT2D eigenvalue weighted by Crippen LogP contribution is 2.53. The minimum Gasteiger partial charge on any atom is -0.490 e. The van der Waals surface area contributed by atoms with Crippen molar-refractivity contribution in [2.24, 2.45) is 11.1 Å². The van der Waals surface area contributed by atoms with Crippen molar-refractivity contribution >= 4 is 0 Å². The highest BCUT2D eigenvalue weighted by atomic mass is 16.5. The second-order valence-corrected chi connectivity index (χ2v) is 5.91. The molecular formula is C15H21NO. The SMILES string of the molecule is Cc1ccc2c(c1)CC(CC1(C(C)N)CC1)O2. The molecule has 2 atom stereocenters. The van der Waals surface area contributed by atoms with Gasteiger partial charge < -0.3 is 10.5 Å². The van der Waals surface area contributed by atoms with Gasteiger partial charge in [-0.3, -0.25) is 0 Å². The van der Waals surface area contributed by atoms with Gasteiger partial charge in [-0.05, 0) is 50.2 Å². The molecule has 1 aliphatic heterocycles. The molecule has 0 bridgehead atoms. The average molecular weight is 231 g/mol. The quantitative estimate of drug-likeness (QED) is 0.868. The van der Waals surface area contributed by atoms with Gasteiger partial charge in [-0.25, -0.2) is 0 Å². The number of aryl methyl sites for hydroxylation is 1. The summed E-state index contributed by atoms with van der Waals surface area (Å²) in [5.74, 6) is 1.08. The first-order valence-corrected chi connectivity index (χ1v) is 6.61. The Morgan fingerprint density at radius 3 is 2.88 bits per heavy atom. The molecule has 1 aromatic rings. The minimum atomic E-state index is 0.302. The molecule has 1 aromatic carbocycles. The van der Waals surface area contributed by atoms with Crippen LogP contribution in [0.5, 0.6) is 5.75 Å². The molecule has 2 nitrogen and oxygen atoms in total. The molecule has 1 heterocycles. The van der Waals surface area contributed by atoms with Gasteiger partial charge in [0.15, 0.2) is 0 Å². The van der Waals surface area contributed by atoms with Crippen LogP contribution in [0.3, 0.4) is 0 Å². The molecule has 0 spiro atoms. The zero-order valence-corrected chi connectivity index (χ0v) is 10.7. The molecular weight excluding hydrogens is 210 g/mol. The largest absolute Gasteiger partial charge is 0.490 e. The lowest BCUT2D eigenvalue weighted by molar-refractivity contribution is 0.176. The predicted molar refractivity (Wildman–Crippen MR) is 69.2 cm³/mol. The summed E-state index contributed by atoms with van der Waals surface area (Å²) >= 11 is 0. The summed E-state index contributed by atoms with van der Waals surface area (Å²) in [5.41, 5.74) is 9.15. The van der Waals surface area contributed by atoms with Crippen LogP contribution < -0.4 is 10.5 Å². The number of hydrogen-bond donors (Lipinski definition) is 1. The maximum Gasteiger partial charge on any atom is 0.123 e. The third-order valence-electron chi connectivity index (χ3n) is 4.45. The smallest absolute Gasteiger partial charge is 0.123 e. The normalized spacial score (nSPS) is 26.2. The van der Waals surface area contributed by atoms with Gasteiger partial charge in [-0.2, -0.15) is 0 Å². The molecule has 0 saturated heterocycles. The maximum atomic E-state index is 6.08. The van der Waals surface area contributed by atoms with Crippen molar-refractivity contribution in [3.63, 3.8) is 0 Å². The molecule has 1 saturated carbocycles. The monoisotopic (exact) mass is 231 g/mol. The minimum absolute atomic E-state index is 0.302. The lowest BCUT2D eigenvalue weighted by Crippen LogP contribution is -2.32. The second kappa shape index (κ2) is 3.74. The van der Waals surface area contributed by atoms with E-state index in [1.165, 1.54) is 24.0 Å². The molecule has 0 radical (unpaired) electrons. The summed E-state index contributed by atoms with van der Waals surface area (Å²) in [6.45, 7) is 4.27. The van der Waals surface area contributed by atoms with E-state index in [0.29, 0.717) is 17.6 Å². The van der Waals surface area contributed by atoms with Gasteiger partial charge in [-0.1, -0.05) is 17.7 Å². The number of nitrogens with two attached hydrogens (primary N) is 1. The zero-order chi connectivity index (χ0) is 12.0. The highest BCUT2D eigenvalue weighted by molar-refractivity contribution is 5.40. The van der Waals surface area contributed by atoms with Gasteiger partial charge >= 0.3 is 0 Å². The molecule has 1 fully saturated rings. The summed E-state index contributed by atoms with van der Waals surface area (Å²) in [6, 6.07) is 6.79. The third-order valence-corrected chi connectivity index (χ3v) is 4.45. The van der Waals surface area contributed by atoms with Crippen LogP contribution in [0.15, 0.2) is 18.2 Å². The third kappa shape index (κ3) is 1.95. The Bertz CT molecular complexity index is 435. The van der Waals surface area contributed by atoms with Gasteiger partial charge in [0.1, 0.15) is 11.9 Å². The second-order valence-electron chi connectivity index (χ2n) is 5.91. The van der Waals surface area contributed by atoms with E-state index in [1.807, 2.05) is 0 Å². The molecule has 2 heteroatoms. The topological polar surface area (TPSA) is 35.2 Å². The first-order chi connectivity index (χ1) is 8.09. The van der Waals surface area contributed by atoms with Gasteiger partial charge in [0.25, 0.3) is 0 Å². The molecule has 0 amide bonds. The molecule has 1 aliphatic carbocycles. The highest BCUT2D eigenvalue weighted by Gasteiger charge is 2.48. The number of hydrogen-bond acceptors (Lipinski definition) is 2. The van der Waals surface area contributed by atoms with E-state index in [0.717, 1.165) is 18.6 Å². The summed E-state index contributed by atoms with van der Waals surface area (Å²) in [4.78, 5) is 0. The van der Waals surface area contributed by atoms with Crippen molar-refractivity contribution in [3.05, 3.63) is 29.3 Å². The lowest BCUT2D eigenvalue weighted by Gasteiger charge is -2.23. The van der Waals surface area contributed by atoms with Crippen LogP contribution in [-0.2, 0) is 6.42 Å². The fourth-order valence-corrected chi connectivity index (χ4v) is 3.02. The van der Waals surface area contributed by atoms with Gasteiger partial charge in [0.2, 0.25) is 0 Å². The Balaban J connectivity index is 1.70.